The van der Waals surface area contributed by atoms with Gasteiger partial charge in [0.1, 0.15) is 5.75 Å². The molecule has 156 valence electrons. The Kier molecular flexibility index (Phi) is 7.57. The summed E-state index contributed by atoms with van der Waals surface area (Å²) in [5.74, 6) is 0.982. The van der Waals surface area contributed by atoms with Crippen LogP contribution in [0.25, 0.3) is 0 Å². The first-order chi connectivity index (χ1) is 14.0. The summed E-state index contributed by atoms with van der Waals surface area (Å²) in [7, 11) is -2.08. The smallest absolute Gasteiger partial charge is 0.243 e. The molecule has 0 bridgehead atoms. The third kappa shape index (κ3) is 5.74. The van der Waals surface area contributed by atoms with Gasteiger partial charge in [-0.1, -0.05) is 18.2 Å². The van der Waals surface area contributed by atoms with E-state index in [1.165, 1.54) is 11.4 Å². The molecule has 1 aliphatic heterocycles. The van der Waals surface area contributed by atoms with Crippen LogP contribution in [0.5, 0.6) is 5.75 Å². The minimum atomic E-state index is -3.62. The van der Waals surface area contributed by atoms with Gasteiger partial charge < -0.3 is 10.1 Å². The molecule has 0 radical (unpaired) electrons. The average molecular weight is 435 g/mol. The largest absolute Gasteiger partial charge is 0.497 e. The summed E-state index contributed by atoms with van der Waals surface area (Å²) in [4.78, 5) is 13.9. The number of ether oxygens (including phenoxy) is 1. The summed E-state index contributed by atoms with van der Waals surface area (Å²) in [5, 5.41) is 2.95. The fraction of sp³-hybridized carbons (Fsp3) is 0.381. The Bertz CT molecular complexity index is 902. The fourth-order valence-corrected chi connectivity index (χ4v) is 5.59. The Labute approximate surface area is 176 Å². The number of hydrogen-bond acceptors (Lipinski definition) is 5. The first-order valence-electron chi connectivity index (χ1n) is 9.60. The van der Waals surface area contributed by atoms with Gasteiger partial charge in [-0.2, -0.15) is 4.31 Å². The highest BCUT2D eigenvalue weighted by atomic mass is 32.2. The van der Waals surface area contributed by atoms with E-state index in [-0.39, 0.29) is 23.3 Å². The quantitative estimate of drug-likeness (QED) is 0.511. The number of nitrogens with zero attached hydrogens (tertiary/aromatic N) is 1. The maximum Gasteiger partial charge on any atom is 0.243 e. The van der Waals surface area contributed by atoms with Crippen LogP contribution in [0.15, 0.2) is 64.4 Å². The molecular weight excluding hydrogens is 408 g/mol. The van der Waals surface area contributed by atoms with Crippen molar-refractivity contribution in [3.8, 4) is 5.75 Å². The van der Waals surface area contributed by atoms with Crippen molar-refractivity contribution in [3.05, 3.63) is 54.6 Å². The Morgan fingerprint density at radius 3 is 2.59 bits per heavy atom. The number of hydrogen-bond donors (Lipinski definition) is 1. The normalized spacial score (nSPS) is 17.6. The van der Waals surface area contributed by atoms with E-state index in [9.17, 15) is 13.2 Å². The molecule has 1 amide bonds. The molecule has 0 saturated carbocycles. The molecule has 1 fully saturated rings. The van der Waals surface area contributed by atoms with Crippen LogP contribution in [-0.2, 0) is 14.8 Å². The van der Waals surface area contributed by atoms with Gasteiger partial charge >= 0.3 is 0 Å². The van der Waals surface area contributed by atoms with Crippen molar-refractivity contribution >= 4 is 27.7 Å². The molecule has 0 spiro atoms. The zero-order valence-electron chi connectivity index (χ0n) is 16.4. The third-order valence-electron chi connectivity index (χ3n) is 4.87. The fourth-order valence-electron chi connectivity index (χ4n) is 3.28. The summed E-state index contributed by atoms with van der Waals surface area (Å²) < 4.78 is 32.4. The number of nitrogens with one attached hydrogen (secondary N) is 1. The molecule has 6 nitrogen and oxygen atoms in total. The Morgan fingerprint density at radius 2 is 1.90 bits per heavy atom. The van der Waals surface area contributed by atoms with Crippen molar-refractivity contribution in [2.24, 2.45) is 5.92 Å². The first-order valence-corrected chi connectivity index (χ1v) is 12.0. The van der Waals surface area contributed by atoms with Crippen molar-refractivity contribution < 1.29 is 17.9 Å². The molecule has 0 aromatic heterocycles. The van der Waals surface area contributed by atoms with E-state index in [1.54, 1.807) is 36.0 Å². The van der Waals surface area contributed by atoms with E-state index < -0.39 is 10.0 Å². The van der Waals surface area contributed by atoms with E-state index in [1.807, 2.05) is 30.3 Å². The van der Waals surface area contributed by atoms with Gasteiger partial charge in [-0.15, -0.1) is 11.8 Å². The second-order valence-electron chi connectivity index (χ2n) is 6.83. The Morgan fingerprint density at radius 1 is 1.17 bits per heavy atom. The summed E-state index contributed by atoms with van der Waals surface area (Å²) >= 11 is 1.68. The molecule has 0 aliphatic carbocycles. The van der Waals surface area contributed by atoms with Crippen LogP contribution in [-0.4, -0.2) is 51.1 Å². The van der Waals surface area contributed by atoms with Gasteiger partial charge in [0.25, 0.3) is 0 Å². The molecule has 8 heteroatoms. The molecule has 2 aromatic carbocycles. The number of methoxy groups -OCH3 is 1. The molecule has 3 rings (SSSR count). The van der Waals surface area contributed by atoms with Gasteiger partial charge in [-0.05, 0) is 49.2 Å². The molecule has 1 N–H and O–H groups in total. The van der Waals surface area contributed by atoms with Gasteiger partial charge in [0.2, 0.25) is 15.9 Å². The zero-order valence-corrected chi connectivity index (χ0v) is 18.0. The van der Waals surface area contributed by atoms with Gasteiger partial charge in [-0.25, -0.2) is 8.42 Å². The third-order valence-corrected chi connectivity index (χ3v) is 7.76. The van der Waals surface area contributed by atoms with Crippen molar-refractivity contribution in [2.75, 3.05) is 32.5 Å². The summed E-state index contributed by atoms with van der Waals surface area (Å²) in [5.41, 5.74) is 0. The van der Waals surface area contributed by atoms with Crippen molar-refractivity contribution in [1.82, 2.24) is 9.62 Å². The maximum absolute atomic E-state index is 12.9. The molecule has 1 heterocycles. The number of thioether (sulfide) groups is 1. The number of carbonyl (C=O) groups excluding carboxylic acids is 1. The van der Waals surface area contributed by atoms with Crippen molar-refractivity contribution in [1.29, 1.82) is 0 Å². The predicted octanol–water partition coefficient (Wildman–Crippen LogP) is 3.00. The minimum Gasteiger partial charge on any atom is -0.497 e. The molecular formula is C21H26N2O4S2. The number of benzene rings is 2. The number of rotatable bonds is 8. The van der Waals surface area contributed by atoms with Crippen molar-refractivity contribution in [3.63, 3.8) is 0 Å². The van der Waals surface area contributed by atoms with Crippen LogP contribution in [0.1, 0.15) is 12.8 Å². The van der Waals surface area contributed by atoms with Crippen LogP contribution >= 0.6 is 11.8 Å². The Balaban J connectivity index is 1.52. The SMILES string of the molecule is COc1ccc(S(=O)(=O)N2CCC[C@@H](C(=O)NCCSc3ccccc3)C2)cc1. The Hall–Kier alpha value is -2.03. The molecule has 2 aromatic rings. The monoisotopic (exact) mass is 434 g/mol. The lowest BCUT2D eigenvalue weighted by Gasteiger charge is -2.31. The van der Waals surface area contributed by atoms with Crippen LogP contribution in [0.3, 0.4) is 0 Å². The summed E-state index contributed by atoms with van der Waals surface area (Å²) in [6.07, 6.45) is 1.37. The second kappa shape index (κ2) is 10.1. The van der Waals surface area contributed by atoms with E-state index in [2.05, 4.69) is 5.32 Å². The van der Waals surface area contributed by atoms with Crippen LogP contribution < -0.4 is 10.1 Å². The number of piperidine rings is 1. The minimum absolute atomic E-state index is 0.0757. The summed E-state index contributed by atoms with van der Waals surface area (Å²) in [6.45, 7) is 1.20. The average Bonchev–Trinajstić information content (AvgIpc) is 2.77. The van der Waals surface area contributed by atoms with Gasteiger partial charge in [-0.3, -0.25) is 4.79 Å². The zero-order chi connectivity index (χ0) is 20.7. The highest BCUT2D eigenvalue weighted by Gasteiger charge is 2.33. The van der Waals surface area contributed by atoms with E-state index in [0.717, 1.165) is 10.6 Å². The van der Waals surface area contributed by atoms with E-state index in [0.29, 0.717) is 31.7 Å². The van der Waals surface area contributed by atoms with Crippen LogP contribution in [0.2, 0.25) is 0 Å². The van der Waals surface area contributed by atoms with E-state index >= 15 is 0 Å². The number of carbonyl (C=O) groups is 1. The van der Waals surface area contributed by atoms with Crippen LogP contribution in [0, 0.1) is 5.92 Å². The van der Waals surface area contributed by atoms with Gasteiger partial charge in [0.05, 0.1) is 17.9 Å². The molecule has 29 heavy (non-hydrogen) atoms. The lowest BCUT2D eigenvalue weighted by Crippen LogP contribution is -2.45. The second-order valence-corrected chi connectivity index (χ2v) is 9.94. The maximum atomic E-state index is 12.9. The lowest BCUT2D eigenvalue weighted by molar-refractivity contribution is -0.125. The lowest BCUT2D eigenvalue weighted by atomic mass is 9.99. The predicted molar refractivity (Wildman–Crippen MR) is 115 cm³/mol. The standard InChI is InChI=1S/C21H26N2O4S2/c1-27-18-9-11-20(12-10-18)29(25,26)23-14-5-6-17(16-23)21(24)22-13-15-28-19-7-3-2-4-8-19/h2-4,7-12,17H,5-6,13-16H2,1H3,(H,22,24)/t17-/m1/s1. The van der Waals surface area contributed by atoms with Gasteiger partial charge in [0.15, 0.2) is 0 Å². The first kappa shape index (κ1) is 21.7. The number of amides is 1. The molecule has 1 aliphatic rings. The number of sulfonamides is 1. The molecule has 1 saturated heterocycles. The van der Waals surface area contributed by atoms with Gasteiger partial charge in [0, 0.05) is 30.3 Å². The molecule has 1 atom stereocenters. The van der Waals surface area contributed by atoms with Crippen molar-refractivity contribution in [2.45, 2.75) is 22.6 Å². The topological polar surface area (TPSA) is 75.7 Å². The summed E-state index contributed by atoms with van der Waals surface area (Å²) in [6, 6.07) is 16.4. The van der Waals surface area contributed by atoms with E-state index in [4.69, 9.17) is 4.74 Å². The highest BCUT2D eigenvalue weighted by molar-refractivity contribution is 7.99. The highest BCUT2D eigenvalue weighted by Crippen LogP contribution is 2.25. The van der Waals surface area contributed by atoms with Crippen LogP contribution in [0.4, 0.5) is 0 Å². The molecule has 0 unspecified atom stereocenters.